The van der Waals surface area contributed by atoms with Gasteiger partial charge in [-0.25, -0.2) is 0 Å². The van der Waals surface area contributed by atoms with Gasteiger partial charge in [-0.05, 0) is 31.5 Å². The Hall–Kier alpha value is -0.760. The van der Waals surface area contributed by atoms with E-state index >= 15 is 0 Å². The summed E-state index contributed by atoms with van der Waals surface area (Å²) in [5.74, 6) is 0.735. The molecule has 0 amide bonds. The van der Waals surface area contributed by atoms with Crippen molar-refractivity contribution in [2.75, 3.05) is 13.1 Å². The molecule has 66 valence electrons. The van der Waals surface area contributed by atoms with E-state index in [1.807, 2.05) is 0 Å². The summed E-state index contributed by atoms with van der Waals surface area (Å²) in [5, 5.41) is 3.44. The van der Waals surface area contributed by atoms with Gasteiger partial charge >= 0.3 is 0 Å². The van der Waals surface area contributed by atoms with E-state index in [1.165, 1.54) is 25.1 Å². The maximum Gasteiger partial charge on any atom is 0.0215 e. The molecular formula is C10H16N2. The summed E-state index contributed by atoms with van der Waals surface area (Å²) < 4.78 is 2.23. The van der Waals surface area contributed by atoms with Crippen molar-refractivity contribution in [2.24, 2.45) is 7.05 Å². The Morgan fingerprint density at radius 3 is 3.08 bits per heavy atom. The summed E-state index contributed by atoms with van der Waals surface area (Å²) in [6.45, 7) is 2.35. The molecule has 2 heterocycles. The largest absolute Gasteiger partial charge is 0.354 e. The maximum atomic E-state index is 3.44. The lowest BCUT2D eigenvalue weighted by molar-refractivity contribution is 0.447. The second-order valence-corrected chi connectivity index (χ2v) is 3.59. The monoisotopic (exact) mass is 164 g/mol. The van der Waals surface area contributed by atoms with Crippen LogP contribution in [0, 0.1) is 0 Å². The predicted octanol–water partition coefficient (Wildman–Crippen LogP) is 1.49. The van der Waals surface area contributed by atoms with Crippen molar-refractivity contribution in [1.82, 2.24) is 9.88 Å². The molecule has 0 aliphatic carbocycles. The van der Waals surface area contributed by atoms with E-state index in [4.69, 9.17) is 0 Å². The first kappa shape index (κ1) is 7.87. The Morgan fingerprint density at radius 1 is 1.58 bits per heavy atom. The fraction of sp³-hybridized carbons (Fsp3) is 0.600. The second kappa shape index (κ2) is 3.31. The zero-order valence-electron chi connectivity index (χ0n) is 7.59. The van der Waals surface area contributed by atoms with Gasteiger partial charge in [0, 0.05) is 31.4 Å². The minimum Gasteiger partial charge on any atom is -0.354 e. The molecule has 1 fully saturated rings. The summed E-state index contributed by atoms with van der Waals surface area (Å²) in [6.07, 6.45) is 4.78. The molecule has 1 N–H and O–H groups in total. The number of nitrogens with one attached hydrogen (secondary N) is 1. The summed E-state index contributed by atoms with van der Waals surface area (Å²) in [7, 11) is 2.13. The molecule has 1 aliphatic heterocycles. The fourth-order valence-electron chi connectivity index (χ4n) is 2.00. The Bertz CT molecular complexity index is 246. The van der Waals surface area contributed by atoms with Crippen LogP contribution in [-0.2, 0) is 7.05 Å². The van der Waals surface area contributed by atoms with Crippen LogP contribution in [0.5, 0.6) is 0 Å². The molecule has 2 nitrogen and oxygen atoms in total. The Morgan fingerprint density at radius 2 is 2.50 bits per heavy atom. The summed E-state index contributed by atoms with van der Waals surface area (Å²) >= 11 is 0. The molecule has 1 aliphatic rings. The summed E-state index contributed by atoms with van der Waals surface area (Å²) in [6, 6.07) is 4.36. The van der Waals surface area contributed by atoms with Gasteiger partial charge in [0.15, 0.2) is 0 Å². The van der Waals surface area contributed by atoms with Gasteiger partial charge in [0.1, 0.15) is 0 Å². The molecule has 0 unspecified atom stereocenters. The van der Waals surface area contributed by atoms with Crippen molar-refractivity contribution < 1.29 is 0 Å². The highest BCUT2D eigenvalue weighted by molar-refractivity contribution is 5.13. The molecule has 0 spiro atoms. The lowest BCUT2D eigenvalue weighted by Gasteiger charge is -2.23. The number of aromatic nitrogens is 1. The fourth-order valence-corrected chi connectivity index (χ4v) is 2.00. The highest BCUT2D eigenvalue weighted by Crippen LogP contribution is 2.22. The molecule has 1 aromatic rings. The third-order valence-electron chi connectivity index (χ3n) is 2.70. The van der Waals surface area contributed by atoms with E-state index in [9.17, 15) is 0 Å². The van der Waals surface area contributed by atoms with Crippen LogP contribution in [-0.4, -0.2) is 17.7 Å². The molecule has 1 atom stereocenters. The van der Waals surface area contributed by atoms with Gasteiger partial charge in [0.2, 0.25) is 0 Å². The smallest absolute Gasteiger partial charge is 0.0215 e. The van der Waals surface area contributed by atoms with E-state index in [2.05, 4.69) is 35.3 Å². The average molecular weight is 164 g/mol. The molecule has 1 aromatic heterocycles. The van der Waals surface area contributed by atoms with Crippen molar-refractivity contribution in [2.45, 2.75) is 18.8 Å². The number of piperidine rings is 1. The first-order valence-electron chi connectivity index (χ1n) is 4.70. The van der Waals surface area contributed by atoms with Crippen molar-refractivity contribution in [1.29, 1.82) is 0 Å². The van der Waals surface area contributed by atoms with Crippen LogP contribution in [0.25, 0.3) is 0 Å². The second-order valence-electron chi connectivity index (χ2n) is 3.59. The predicted molar refractivity (Wildman–Crippen MR) is 50.3 cm³/mol. The number of rotatable bonds is 1. The topological polar surface area (TPSA) is 17.0 Å². The molecular weight excluding hydrogens is 148 g/mol. The molecule has 12 heavy (non-hydrogen) atoms. The van der Waals surface area contributed by atoms with Crippen molar-refractivity contribution in [3.05, 3.63) is 24.0 Å². The van der Waals surface area contributed by atoms with Gasteiger partial charge in [-0.15, -0.1) is 0 Å². The zero-order valence-corrected chi connectivity index (χ0v) is 7.59. The van der Waals surface area contributed by atoms with E-state index in [0.29, 0.717) is 0 Å². The van der Waals surface area contributed by atoms with Gasteiger partial charge in [0.25, 0.3) is 0 Å². The standard InChI is InChI=1S/C10H16N2/c1-12-7-3-5-10(12)9-4-2-6-11-8-9/h3,5,7,9,11H,2,4,6,8H2,1H3/t9-/m0/s1. The average Bonchev–Trinajstić information content (AvgIpc) is 2.53. The maximum absolute atomic E-state index is 3.44. The number of nitrogens with zero attached hydrogens (tertiary/aromatic N) is 1. The van der Waals surface area contributed by atoms with Crippen LogP contribution in [0.4, 0.5) is 0 Å². The zero-order chi connectivity index (χ0) is 8.39. The van der Waals surface area contributed by atoms with E-state index in [1.54, 1.807) is 0 Å². The minimum atomic E-state index is 0.735. The lowest BCUT2D eigenvalue weighted by atomic mass is 9.96. The number of hydrogen-bond acceptors (Lipinski definition) is 1. The van der Waals surface area contributed by atoms with Crippen LogP contribution in [0.15, 0.2) is 18.3 Å². The Balaban J connectivity index is 2.13. The Kier molecular flexibility index (Phi) is 2.17. The molecule has 0 bridgehead atoms. The van der Waals surface area contributed by atoms with Crippen LogP contribution >= 0.6 is 0 Å². The third-order valence-corrected chi connectivity index (χ3v) is 2.70. The van der Waals surface area contributed by atoms with Crippen LogP contribution in [0.2, 0.25) is 0 Å². The quantitative estimate of drug-likeness (QED) is 0.665. The molecule has 0 radical (unpaired) electrons. The number of hydrogen-bond donors (Lipinski definition) is 1. The van der Waals surface area contributed by atoms with Gasteiger partial charge in [0.05, 0.1) is 0 Å². The number of aryl methyl sites for hydroxylation is 1. The Labute approximate surface area is 73.6 Å². The van der Waals surface area contributed by atoms with E-state index < -0.39 is 0 Å². The first-order chi connectivity index (χ1) is 5.88. The van der Waals surface area contributed by atoms with Crippen molar-refractivity contribution >= 4 is 0 Å². The normalized spacial score (nSPS) is 24.2. The van der Waals surface area contributed by atoms with Gasteiger partial charge < -0.3 is 9.88 Å². The molecule has 2 heteroatoms. The van der Waals surface area contributed by atoms with Gasteiger partial charge in [-0.2, -0.15) is 0 Å². The SMILES string of the molecule is Cn1cccc1[C@H]1CCCNC1. The highest BCUT2D eigenvalue weighted by Gasteiger charge is 2.16. The molecule has 1 saturated heterocycles. The van der Waals surface area contributed by atoms with Crippen LogP contribution in [0.3, 0.4) is 0 Å². The molecule has 0 saturated carbocycles. The summed E-state index contributed by atoms with van der Waals surface area (Å²) in [5.41, 5.74) is 1.47. The van der Waals surface area contributed by atoms with E-state index in [0.717, 1.165) is 12.5 Å². The molecule has 2 rings (SSSR count). The van der Waals surface area contributed by atoms with Crippen molar-refractivity contribution in [3.63, 3.8) is 0 Å². The highest BCUT2D eigenvalue weighted by atomic mass is 15.0. The third kappa shape index (κ3) is 1.39. The van der Waals surface area contributed by atoms with Gasteiger partial charge in [-0.3, -0.25) is 0 Å². The van der Waals surface area contributed by atoms with Crippen LogP contribution < -0.4 is 5.32 Å². The van der Waals surface area contributed by atoms with Crippen LogP contribution in [0.1, 0.15) is 24.5 Å². The van der Waals surface area contributed by atoms with Gasteiger partial charge in [-0.1, -0.05) is 0 Å². The first-order valence-corrected chi connectivity index (χ1v) is 4.70. The lowest BCUT2D eigenvalue weighted by Crippen LogP contribution is -2.29. The minimum absolute atomic E-state index is 0.735. The van der Waals surface area contributed by atoms with E-state index in [-0.39, 0.29) is 0 Å². The summed E-state index contributed by atoms with van der Waals surface area (Å²) in [4.78, 5) is 0. The van der Waals surface area contributed by atoms with Crippen molar-refractivity contribution in [3.8, 4) is 0 Å². The molecule has 0 aromatic carbocycles.